The van der Waals surface area contributed by atoms with Crippen molar-refractivity contribution in [1.82, 2.24) is 9.55 Å². The first-order chi connectivity index (χ1) is 28.9. The molecule has 0 aliphatic rings. The summed E-state index contributed by atoms with van der Waals surface area (Å²) in [5.74, 6) is -0.662. The van der Waals surface area contributed by atoms with E-state index in [0.717, 1.165) is 48.5 Å². The van der Waals surface area contributed by atoms with E-state index in [1.165, 1.54) is 41.1 Å². The van der Waals surface area contributed by atoms with Gasteiger partial charge in [-0.2, -0.15) is 52.7 Å². The van der Waals surface area contributed by atoms with Gasteiger partial charge in [0.15, 0.2) is 22.9 Å². The van der Waals surface area contributed by atoms with Gasteiger partial charge >= 0.3 is 24.7 Å². The van der Waals surface area contributed by atoms with Crippen molar-refractivity contribution >= 4 is 60.7 Å². The Morgan fingerprint density at radius 2 is 1.05 bits per heavy atom. The molecular formula is C44H33BrF12N4O2. The topological polar surface area (TPSA) is 63.6 Å². The summed E-state index contributed by atoms with van der Waals surface area (Å²) < 4.78 is 154. The van der Waals surface area contributed by atoms with Gasteiger partial charge in [-0.15, -0.1) is 0 Å². The van der Waals surface area contributed by atoms with E-state index in [-0.39, 0.29) is 35.1 Å². The summed E-state index contributed by atoms with van der Waals surface area (Å²) >= 11 is 3.17. The van der Waals surface area contributed by atoms with E-state index in [1.54, 1.807) is 40.0 Å². The number of aromatic nitrogens is 2. The number of halogens is 13. The minimum absolute atomic E-state index is 0.0913. The van der Waals surface area contributed by atoms with Crippen LogP contribution < -0.4 is 0 Å². The number of benzene rings is 4. The van der Waals surface area contributed by atoms with Crippen LogP contribution in [0.4, 0.5) is 64.1 Å². The fraction of sp³-hybridized carbons (Fsp3) is 0.273. The van der Waals surface area contributed by atoms with Crippen molar-refractivity contribution in [2.24, 2.45) is 0 Å². The number of carbonyl (C=O) groups excluding carboxylic acids is 2. The molecule has 19 heteroatoms. The number of H-pyrrole nitrogens is 1. The smallest absolute Gasteiger partial charge is 0.361 e. The van der Waals surface area contributed by atoms with Crippen LogP contribution in [0.15, 0.2) is 97.3 Å². The van der Waals surface area contributed by atoms with E-state index in [4.69, 9.17) is 13.1 Å². The normalized spacial score (nSPS) is 12.4. The molecule has 6 nitrogen and oxygen atoms in total. The molecule has 0 atom stereocenters. The fourth-order valence-corrected chi connectivity index (χ4v) is 6.14. The Bertz CT molecular complexity index is 2720. The maximum Gasteiger partial charge on any atom is 0.416 e. The molecule has 63 heavy (non-hydrogen) atoms. The summed E-state index contributed by atoms with van der Waals surface area (Å²) in [6.45, 7) is 20.0. The molecule has 0 aliphatic heterocycles. The summed E-state index contributed by atoms with van der Waals surface area (Å²) in [4.78, 5) is 33.3. The van der Waals surface area contributed by atoms with Gasteiger partial charge in [0, 0.05) is 41.7 Å². The number of aromatic amines is 1. The number of fused-ring (bicyclic) bond motifs is 2. The quantitative estimate of drug-likeness (QED) is 0.0984. The predicted molar refractivity (Wildman–Crippen MR) is 215 cm³/mol. The Morgan fingerprint density at radius 1 is 0.587 bits per heavy atom. The molecule has 0 fully saturated rings. The van der Waals surface area contributed by atoms with Crippen molar-refractivity contribution in [2.75, 3.05) is 0 Å². The number of hydrogen-bond donors (Lipinski definition) is 1. The van der Waals surface area contributed by atoms with Gasteiger partial charge in [-0.1, -0.05) is 52.3 Å². The molecule has 0 radical (unpaired) electrons. The summed E-state index contributed by atoms with van der Waals surface area (Å²) in [5.41, 5.74) is -4.35. The van der Waals surface area contributed by atoms with E-state index in [9.17, 15) is 62.3 Å². The number of Topliss-reactive ketones (excluding diaryl/α,β-unsaturated/α-hetero) is 2. The van der Waals surface area contributed by atoms with Crippen LogP contribution in [0.1, 0.15) is 61.1 Å². The largest absolute Gasteiger partial charge is 0.416 e. The van der Waals surface area contributed by atoms with Crippen molar-refractivity contribution in [1.29, 1.82) is 0 Å². The maximum absolute atomic E-state index is 13.2. The van der Waals surface area contributed by atoms with Gasteiger partial charge in [0.05, 0.1) is 45.3 Å². The molecule has 6 rings (SSSR count). The van der Waals surface area contributed by atoms with Gasteiger partial charge in [-0.05, 0) is 92.7 Å². The van der Waals surface area contributed by atoms with Gasteiger partial charge in [0.1, 0.15) is 0 Å². The average Bonchev–Trinajstić information content (AvgIpc) is 3.84. The molecule has 1 N–H and O–H groups in total. The number of ketones is 2. The second kappa shape index (κ2) is 18.3. The molecule has 0 bridgehead atoms. The summed E-state index contributed by atoms with van der Waals surface area (Å²) in [6.07, 6.45) is -15.4. The van der Waals surface area contributed by atoms with Gasteiger partial charge in [0.2, 0.25) is 0 Å². The highest BCUT2D eigenvalue weighted by Crippen LogP contribution is 2.39. The third-order valence-electron chi connectivity index (χ3n) is 9.55. The third-order valence-corrected chi connectivity index (χ3v) is 9.99. The van der Waals surface area contributed by atoms with E-state index in [2.05, 4.69) is 30.6 Å². The number of nitrogens with zero attached hydrogens (tertiary/aromatic N) is 3. The zero-order valence-corrected chi connectivity index (χ0v) is 34.8. The highest BCUT2D eigenvalue weighted by atomic mass is 79.9. The first kappa shape index (κ1) is 49.6. The van der Waals surface area contributed by atoms with Crippen LogP contribution >= 0.6 is 15.9 Å². The van der Waals surface area contributed by atoms with Crippen molar-refractivity contribution in [2.45, 2.75) is 75.1 Å². The van der Waals surface area contributed by atoms with Crippen LogP contribution in [0.2, 0.25) is 0 Å². The molecule has 2 heterocycles. The highest BCUT2D eigenvalue weighted by molar-refractivity contribution is 9.10. The molecule has 4 aromatic carbocycles. The standard InChI is InChI=1S/C22H16F6N2O.C13H11BrF3NO.C9H6F3N/c1-20(2,30-9-8-14-12-15(21(23,24)25)5-7-18(14)30)19(31)11-13-4-6-17(29-3)16(10-13)22(26,27)28;1-12(2,14)11(19)7-8-4-5-10(18-3)9(6-8)13(15,16)17;10-9(11,12)7-1-2-8-6(5-7)3-4-13-8/h4-10,12H,11H2,1-2H3;4-6H,7H2,1-2H3;1-5,13H. The molecule has 0 spiro atoms. The molecule has 6 aromatic rings. The van der Waals surface area contributed by atoms with E-state index in [1.807, 2.05) is 0 Å². The Labute approximate surface area is 360 Å². The third kappa shape index (κ3) is 12.3. The monoisotopic (exact) mass is 956 g/mol. The Morgan fingerprint density at radius 3 is 1.49 bits per heavy atom. The fourth-order valence-electron chi connectivity index (χ4n) is 6.00. The highest BCUT2D eigenvalue weighted by Gasteiger charge is 2.37. The lowest BCUT2D eigenvalue weighted by molar-refractivity contribution is -0.138. The van der Waals surface area contributed by atoms with Crippen LogP contribution in [0.3, 0.4) is 0 Å². The predicted octanol–water partition coefficient (Wildman–Crippen LogP) is 14.5. The lowest BCUT2D eigenvalue weighted by Crippen LogP contribution is -2.36. The number of carbonyl (C=O) groups is 2. The van der Waals surface area contributed by atoms with Crippen LogP contribution in [0.5, 0.6) is 0 Å². The summed E-state index contributed by atoms with van der Waals surface area (Å²) in [6, 6.07) is 16.3. The molecular weight excluding hydrogens is 924 g/mol. The lowest BCUT2D eigenvalue weighted by atomic mass is 9.92. The van der Waals surface area contributed by atoms with Crippen LogP contribution in [-0.4, -0.2) is 25.4 Å². The molecule has 0 saturated heterocycles. The van der Waals surface area contributed by atoms with Gasteiger partial charge in [-0.3, -0.25) is 9.59 Å². The second-order valence-electron chi connectivity index (χ2n) is 14.9. The number of hydrogen-bond acceptors (Lipinski definition) is 2. The SMILES string of the molecule is FC(F)(F)c1ccc2[nH]ccc2c1.[C-]#[N+]c1ccc(CC(=O)C(C)(C)Br)cc1C(F)(F)F.[C-]#[N+]c1ccc(CC(=O)C(C)(C)n2ccc3cc(C(F)(F)F)ccc32)cc1C(F)(F)F. The zero-order chi connectivity index (χ0) is 47.5. The van der Waals surface area contributed by atoms with Crippen LogP contribution in [0.25, 0.3) is 31.5 Å². The van der Waals surface area contributed by atoms with Crippen molar-refractivity contribution in [3.8, 4) is 0 Å². The first-order valence-electron chi connectivity index (χ1n) is 18.1. The van der Waals surface area contributed by atoms with Gasteiger partial charge in [0.25, 0.3) is 0 Å². The van der Waals surface area contributed by atoms with Crippen LogP contribution in [-0.2, 0) is 52.7 Å². The minimum atomic E-state index is -4.73. The molecule has 0 unspecified atom stereocenters. The molecule has 332 valence electrons. The first-order valence-corrected chi connectivity index (χ1v) is 18.9. The summed E-state index contributed by atoms with van der Waals surface area (Å²) in [5, 5.41) is 0.867. The van der Waals surface area contributed by atoms with Gasteiger partial charge < -0.3 is 9.55 Å². The summed E-state index contributed by atoms with van der Waals surface area (Å²) in [7, 11) is 0. The number of alkyl halides is 13. The van der Waals surface area contributed by atoms with E-state index in [0.29, 0.717) is 16.4 Å². The van der Waals surface area contributed by atoms with E-state index < -0.39 is 74.0 Å². The molecule has 0 amide bonds. The Kier molecular flexibility index (Phi) is 14.4. The second-order valence-corrected chi connectivity index (χ2v) is 16.9. The molecule has 0 aliphatic carbocycles. The van der Waals surface area contributed by atoms with Crippen LogP contribution in [0, 0.1) is 13.1 Å². The van der Waals surface area contributed by atoms with Gasteiger partial charge in [-0.25, -0.2) is 9.69 Å². The molecule has 2 aromatic heterocycles. The zero-order valence-electron chi connectivity index (χ0n) is 33.2. The average molecular weight is 958 g/mol. The minimum Gasteiger partial charge on any atom is -0.361 e. The Balaban J connectivity index is 0.000000230. The van der Waals surface area contributed by atoms with E-state index >= 15 is 0 Å². The van der Waals surface area contributed by atoms with Crippen molar-refractivity contribution in [3.05, 3.63) is 154 Å². The Hall–Kier alpha value is -6.08. The van der Waals surface area contributed by atoms with Crippen molar-refractivity contribution in [3.63, 3.8) is 0 Å². The maximum atomic E-state index is 13.2. The molecule has 0 saturated carbocycles. The number of nitrogens with one attached hydrogen (secondary N) is 1. The lowest BCUT2D eigenvalue weighted by Gasteiger charge is -2.27. The van der Waals surface area contributed by atoms with Crippen molar-refractivity contribution < 1.29 is 62.3 Å². The number of rotatable bonds is 7.